The minimum Gasteiger partial charge on any atom is -0.493 e. The van der Waals surface area contributed by atoms with Crippen molar-refractivity contribution < 1.29 is 23.9 Å². The molecule has 0 unspecified atom stereocenters. The van der Waals surface area contributed by atoms with Gasteiger partial charge in [0.2, 0.25) is 5.75 Å². The van der Waals surface area contributed by atoms with Crippen molar-refractivity contribution in [1.82, 2.24) is 0 Å². The standard InChI is InChI=1S/C12H15NO6/c1-7(2)19-11-9(13(15)16)5-8(12(14)18-4)6-10(11)17-3/h5-7H,1-4H3. The maximum absolute atomic E-state index is 11.4. The topological polar surface area (TPSA) is 87.9 Å². The number of hydrogen-bond donors (Lipinski definition) is 0. The minimum absolute atomic E-state index is 0.00449. The molecule has 0 aliphatic carbocycles. The summed E-state index contributed by atoms with van der Waals surface area (Å²) in [4.78, 5) is 21.9. The molecular weight excluding hydrogens is 254 g/mol. The van der Waals surface area contributed by atoms with Crippen LogP contribution in [-0.4, -0.2) is 31.2 Å². The Labute approximate surface area is 110 Å². The first-order chi connectivity index (χ1) is 8.90. The van der Waals surface area contributed by atoms with Crippen LogP contribution in [0.3, 0.4) is 0 Å². The minimum atomic E-state index is -0.683. The van der Waals surface area contributed by atoms with Crippen molar-refractivity contribution in [1.29, 1.82) is 0 Å². The largest absolute Gasteiger partial charge is 0.493 e. The fourth-order valence-corrected chi connectivity index (χ4v) is 1.46. The molecule has 0 aliphatic rings. The average Bonchev–Trinajstić information content (AvgIpc) is 2.36. The van der Waals surface area contributed by atoms with Gasteiger partial charge in [-0.1, -0.05) is 0 Å². The van der Waals surface area contributed by atoms with Crippen LogP contribution in [0.4, 0.5) is 5.69 Å². The summed E-state index contributed by atoms with van der Waals surface area (Å²) in [5, 5.41) is 11.1. The second kappa shape index (κ2) is 6.03. The number of ether oxygens (including phenoxy) is 3. The van der Waals surface area contributed by atoms with Gasteiger partial charge in [-0.2, -0.15) is 0 Å². The van der Waals surface area contributed by atoms with Gasteiger partial charge in [-0.25, -0.2) is 4.79 Å². The van der Waals surface area contributed by atoms with E-state index in [0.717, 1.165) is 6.07 Å². The Kier molecular flexibility index (Phi) is 4.68. The van der Waals surface area contributed by atoms with Crippen LogP contribution in [0.5, 0.6) is 11.5 Å². The molecule has 0 bridgehead atoms. The third kappa shape index (κ3) is 3.34. The number of methoxy groups -OCH3 is 2. The van der Waals surface area contributed by atoms with Crippen LogP contribution < -0.4 is 9.47 Å². The Balaban J connectivity index is 3.44. The Morgan fingerprint density at radius 3 is 2.37 bits per heavy atom. The van der Waals surface area contributed by atoms with Gasteiger partial charge < -0.3 is 14.2 Å². The average molecular weight is 269 g/mol. The molecule has 0 aromatic heterocycles. The van der Waals surface area contributed by atoms with Crippen LogP contribution >= 0.6 is 0 Å². The molecule has 104 valence electrons. The number of nitrogens with zero attached hydrogens (tertiary/aromatic N) is 1. The van der Waals surface area contributed by atoms with E-state index in [0.29, 0.717) is 0 Å². The van der Waals surface area contributed by atoms with E-state index in [2.05, 4.69) is 4.74 Å². The molecule has 0 fully saturated rings. The molecule has 7 heteroatoms. The first-order valence-electron chi connectivity index (χ1n) is 5.52. The fourth-order valence-electron chi connectivity index (χ4n) is 1.46. The molecule has 19 heavy (non-hydrogen) atoms. The second-order valence-corrected chi connectivity index (χ2v) is 3.94. The molecule has 1 rings (SSSR count). The Hall–Kier alpha value is -2.31. The predicted molar refractivity (Wildman–Crippen MR) is 66.8 cm³/mol. The van der Waals surface area contributed by atoms with Crippen LogP contribution in [0, 0.1) is 10.1 Å². The molecule has 7 nitrogen and oxygen atoms in total. The van der Waals surface area contributed by atoms with Crippen molar-refractivity contribution in [3.05, 3.63) is 27.8 Å². The number of carbonyl (C=O) groups excluding carboxylic acids is 1. The number of carbonyl (C=O) groups is 1. The second-order valence-electron chi connectivity index (χ2n) is 3.94. The first-order valence-corrected chi connectivity index (χ1v) is 5.52. The SMILES string of the molecule is COC(=O)c1cc(OC)c(OC(C)C)c([N+](=O)[O-])c1. The first kappa shape index (κ1) is 14.7. The van der Waals surface area contributed by atoms with Crippen molar-refractivity contribution in [2.45, 2.75) is 20.0 Å². The normalized spacial score (nSPS) is 10.2. The number of esters is 1. The number of nitro groups is 1. The lowest BCUT2D eigenvalue weighted by atomic mass is 10.1. The Bertz CT molecular complexity index is 497. The van der Waals surface area contributed by atoms with Crippen LogP contribution in [0.1, 0.15) is 24.2 Å². The lowest BCUT2D eigenvalue weighted by molar-refractivity contribution is -0.386. The number of hydrogen-bond acceptors (Lipinski definition) is 6. The number of nitro benzene ring substituents is 1. The molecule has 0 aliphatic heterocycles. The van der Waals surface area contributed by atoms with Gasteiger partial charge in [0.05, 0.1) is 30.8 Å². The van der Waals surface area contributed by atoms with E-state index in [9.17, 15) is 14.9 Å². The summed E-state index contributed by atoms with van der Waals surface area (Å²) >= 11 is 0. The molecular formula is C12H15NO6. The van der Waals surface area contributed by atoms with Gasteiger partial charge in [0.15, 0.2) is 5.75 Å². The molecule has 0 atom stereocenters. The lowest BCUT2D eigenvalue weighted by Crippen LogP contribution is -2.10. The van der Waals surface area contributed by atoms with E-state index in [1.54, 1.807) is 13.8 Å². The van der Waals surface area contributed by atoms with E-state index >= 15 is 0 Å². The zero-order valence-electron chi connectivity index (χ0n) is 11.1. The summed E-state index contributed by atoms with van der Waals surface area (Å²) in [6, 6.07) is 2.45. The summed E-state index contributed by atoms with van der Waals surface area (Å²) in [6.45, 7) is 3.47. The smallest absolute Gasteiger partial charge is 0.338 e. The number of rotatable bonds is 5. The molecule has 0 spiro atoms. The van der Waals surface area contributed by atoms with Gasteiger partial charge in [-0.15, -0.1) is 0 Å². The molecule has 1 aromatic rings. The Morgan fingerprint density at radius 1 is 1.32 bits per heavy atom. The summed E-state index contributed by atoms with van der Waals surface area (Å²) in [6.07, 6.45) is -0.267. The molecule has 0 saturated carbocycles. The molecule has 0 N–H and O–H groups in total. The van der Waals surface area contributed by atoms with Crippen LogP contribution in [0.25, 0.3) is 0 Å². The van der Waals surface area contributed by atoms with Crippen molar-refractivity contribution in [3.8, 4) is 11.5 Å². The van der Waals surface area contributed by atoms with Gasteiger partial charge in [0.25, 0.3) is 0 Å². The maximum Gasteiger partial charge on any atom is 0.338 e. The van der Waals surface area contributed by atoms with Crippen LogP contribution in [0.2, 0.25) is 0 Å². The zero-order chi connectivity index (χ0) is 14.6. The van der Waals surface area contributed by atoms with Crippen molar-refractivity contribution in [2.75, 3.05) is 14.2 Å². The van der Waals surface area contributed by atoms with Crippen molar-refractivity contribution >= 4 is 11.7 Å². The van der Waals surface area contributed by atoms with Gasteiger partial charge in [0.1, 0.15) is 0 Å². The summed E-state index contributed by atoms with van der Waals surface area (Å²) in [7, 11) is 2.53. The van der Waals surface area contributed by atoms with E-state index < -0.39 is 10.9 Å². The predicted octanol–water partition coefficient (Wildman–Crippen LogP) is 2.18. The van der Waals surface area contributed by atoms with Crippen molar-refractivity contribution in [3.63, 3.8) is 0 Å². The summed E-state index contributed by atoms with van der Waals surface area (Å²) in [5.41, 5.74) is -0.310. The highest BCUT2D eigenvalue weighted by Crippen LogP contribution is 2.39. The van der Waals surface area contributed by atoms with Gasteiger partial charge in [0, 0.05) is 6.07 Å². The summed E-state index contributed by atoms with van der Waals surface area (Å²) < 4.78 is 14.9. The Morgan fingerprint density at radius 2 is 1.95 bits per heavy atom. The van der Waals surface area contributed by atoms with Gasteiger partial charge >= 0.3 is 11.7 Å². The number of benzene rings is 1. The monoisotopic (exact) mass is 269 g/mol. The van der Waals surface area contributed by atoms with Crippen LogP contribution in [-0.2, 0) is 4.74 Å². The molecule has 0 radical (unpaired) electrons. The van der Waals surface area contributed by atoms with Gasteiger partial charge in [-0.3, -0.25) is 10.1 Å². The molecule has 0 heterocycles. The molecule has 1 aromatic carbocycles. The summed E-state index contributed by atoms with van der Waals surface area (Å²) in [5.74, 6) is -0.573. The molecule has 0 amide bonds. The maximum atomic E-state index is 11.4. The third-order valence-electron chi connectivity index (χ3n) is 2.23. The third-order valence-corrected chi connectivity index (χ3v) is 2.23. The highest BCUT2D eigenvalue weighted by atomic mass is 16.6. The van der Waals surface area contributed by atoms with E-state index in [1.807, 2.05) is 0 Å². The highest BCUT2D eigenvalue weighted by Gasteiger charge is 2.25. The lowest BCUT2D eigenvalue weighted by Gasteiger charge is -2.14. The van der Waals surface area contributed by atoms with Crippen molar-refractivity contribution in [2.24, 2.45) is 0 Å². The quantitative estimate of drug-likeness (QED) is 0.462. The zero-order valence-corrected chi connectivity index (χ0v) is 11.1. The van der Waals surface area contributed by atoms with E-state index in [-0.39, 0.29) is 28.9 Å². The van der Waals surface area contributed by atoms with Gasteiger partial charge in [-0.05, 0) is 19.9 Å². The van der Waals surface area contributed by atoms with E-state index in [1.165, 1.54) is 20.3 Å². The molecule has 0 saturated heterocycles. The fraction of sp³-hybridized carbons (Fsp3) is 0.417. The van der Waals surface area contributed by atoms with Crippen LogP contribution in [0.15, 0.2) is 12.1 Å². The highest BCUT2D eigenvalue weighted by molar-refractivity contribution is 5.91. The van der Waals surface area contributed by atoms with E-state index in [4.69, 9.17) is 9.47 Å².